The molecule has 0 atom stereocenters. The van der Waals surface area contributed by atoms with E-state index in [-0.39, 0.29) is 11.9 Å². The van der Waals surface area contributed by atoms with Gasteiger partial charge in [0, 0.05) is 18.2 Å². The predicted octanol–water partition coefficient (Wildman–Crippen LogP) is 1.25. The van der Waals surface area contributed by atoms with Gasteiger partial charge in [-0.15, -0.1) is 0 Å². The molecule has 0 aromatic heterocycles. The Kier molecular flexibility index (Phi) is 5.85. The van der Waals surface area contributed by atoms with Gasteiger partial charge < -0.3 is 16.4 Å². The average Bonchev–Trinajstić information content (AvgIpc) is 2.36. The Bertz CT molecular complexity index is 455. The van der Waals surface area contributed by atoms with E-state index in [9.17, 15) is 4.79 Å². The zero-order valence-electron chi connectivity index (χ0n) is 11.7. The summed E-state index contributed by atoms with van der Waals surface area (Å²) in [6.45, 7) is 6.96. The van der Waals surface area contributed by atoms with Crippen LogP contribution in [0.25, 0.3) is 0 Å². The monoisotopic (exact) mass is 262 g/mol. The normalized spacial score (nSPS) is 11.5. The molecule has 0 aliphatic heterocycles. The fourth-order valence-corrected chi connectivity index (χ4v) is 1.59. The molecule has 0 aliphatic rings. The number of hydrogen-bond donors (Lipinski definition) is 3. The number of nitrogens with zero attached hydrogens (tertiary/aromatic N) is 1. The van der Waals surface area contributed by atoms with Crippen LogP contribution in [0.3, 0.4) is 0 Å². The molecule has 1 aromatic carbocycles. The van der Waals surface area contributed by atoms with Crippen molar-refractivity contribution in [3.63, 3.8) is 0 Å². The highest BCUT2D eigenvalue weighted by molar-refractivity contribution is 5.94. The summed E-state index contributed by atoms with van der Waals surface area (Å²) in [4.78, 5) is 15.9. The van der Waals surface area contributed by atoms with Crippen LogP contribution in [0.2, 0.25) is 0 Å². The molecule has 104 valence electrons. The molecule has 0 spiro atoms. The summed E-state index contributed by atoms with van der Waals surface area (Å²) in [6.07, 6.45) is 0. The summed E-state index contributed by atoms with van der Waals surface area (Å²) < 4.78 is 0. The quantitative estimate of drug-likeness (QED) is 0.552. The Labute approximate surface area is 114 Å². The number of carbonyl (C=O) groups excluding carboxylic acids is 1. The average molecular weight is 262 g/mol. The lowest BCUT2D eigenvalue weighted by Gasteiger charge is -2.08. The summed E-state index contributed by atoms with van der Waals surface area (Å²) in [5.74, 6) is 0.347. The van der Waals surface area contributed by atoms with E-state index in [1.807, 2.05) is 39.0 Å². The van der Waals surface area contributed by atoms with Gasteiger partial charge in [0.05, 0.1) is 6.54 Å². The molecule has 0 unspecified atom stereocenters. The molecule has 1 rings (SSSR count). The van der Waals surface area contributed by atoms with Gasteiger partial charge in [-0.3, -0.25) is 4.79 Å². The van der Waals surface area contributed by atoms with Crippen molar-refractivity contribution < 1.29 is 4.79 Å². The number of aliphatic imine (C=N–C) groups is 1. The molecule has 0 bridgehead atoms. The highest BCUT2D eigenvalue weighted by Gasteiger charge is 2.04. The fraction of sp³-hybridized carbons (Fsp3) is 0.429. The van der Waals surface area contributed by atoms with E-state index in [2.05, 4.69) is 15.6 Å². The van der Waals surface area contributed by atoms with E-state index in [1.54, 1.807) is 6.07 Å². The lowest BCUT2D eigenvalue weighted by Crippen LogP contribution is -2.36. The predicted molar refractivity (Wildman–Crippen MR) is 78.0 cm³/mol. The molecule has 0 radical (unpaired) electrons. The van der Waals surface area contributed by atoms with Gasteiger partial charge in [-0.2, -0.15) is 0 Å². The lowest BCUT2D eigenvalue weighted by atomic mass is 10.1. The number of hydrogen-bond acceptors (Lipinski definition) is 2. The van der Waals surface area contributed by atoms with Crippen molar-refractivity contribution in [2.45, 2.75) is 33.4 Å². The number of rotatable bonds is 5. The largest absolute Gasteiger partial charge is 0.370 e. The van der Waals surface area contributed by atoms with E-state index in [1.165, 1.54) is 0 Å². The van der Waals surface area contributed by atoms with Crippen LogP contribution in [-0.2, 0) is 6.54 Å². The molecule has 1 aromatic rings. The molecule has 0 heterocycles. The standard InChI is InChI=1S/C14H22N4O/c1-4-16-13(19)12-7-5-6-11(8-12)9-17-14(15)18-10(2)3/h5-8,10H,4,9H2,1-3H3,(H,16,19)(H3,15,17,18). The second-order valence-corrected chi connectivity index (χ2v) is 4.56. The molecule has 5 nitrogen and oxygen atoms in total. The van der Waals surface area contributed by atoms with Crippen molar-refractivity contribution in [2.75, 3.05) is 6.54 Å². The first-order valence-electron chi connectivity index (χ1n) is 6.46. The third-order valence-corrected chi connectivity index (χ3v) is 2.40. The first-order valence-corrected chi connectivity index (χ1v) is 6.46. The molecule has 1 amide bonds. The molecule has 0 aliphatic carbocycles. The number of guanidine groups is 1. The smallest absolute Gasteiger partial charge is 0.251 e. The Morgan fingerprint density at radius 1 is 1.42 bits per heavy atom. The minimum atomic E-state index is -0.0680. The van der Waals surface area contributed by atoms with Crippen LogP contribution < -0.4 is 16.4 Å². The van der Waals surface area contributed by atoms with Gasteiger partial charge in [0.25, 0.3) is 5.91 Å². The Balaban J connectivity index is 2.69. The van der Waals surface area contributed by atoms with Crippen LogP contribution in [0, 0.1) is 0 Å². The highest BCUT2D eigenvalue weighted by atomic mass is 16.1. The number of nitrogens with two attached hydrogens (primary N) is 1. The number of amides is 1. The van der Waals surface area contributed by atoms with Gasteiger partial charge >= 0.3 is 0 Å². The van der Waals surface area contributed by atoms with E-state index in [4.69, 9.17) is 5.73 Å². The SMILES string of the molecule is CCNC(=O)c1cccc(CN=C(N)NC(C)C)c1. The van der Waals surface area contributed by atoms with Gasteiger partial charge in [-0.1, -0.05) is 12.1 Å². The first-order chi connectivity index (χ1) is 9.02. The number of nitrogens with one attached hydrogen (secondary N) is 2. The van der Waals surface area contributed by atoms with Crippen LogP contribution >= 0.6 is 0 Å². The maximum atomic E-state index is 11.7. The number of carbonyl (C=O) groups is 1. The molecule has 0 saturated carbocycles. The lowest BCUT2D eigenvalue weighted by molar-refractivity contribution is 0.0955. The number of benzene rings is 1. The van der Waals surface area contributed by atoms with E-state index in [0.29, 0.717) is 24.6 Å². The van der Waals surface area contributed by atoms with Crippen LogP contribution in [0.15, 0.2) is 29.3 Å². The molecule has 5 heteroatoms. The van der Waals surface area contributed by atoms with Crippen molar-refractivity contribution in [3.8, 4) is 0 Å². The molecule has 19 heavy (non-hydrogen) atoms. The first kappa shape index (κ1) is 15.0. The van der Waals surface area contributed by atoms with Gasteiger partial charge in [0.2, 0.25) is 0 Å². The minimum Gasteiger partial charge on any atom is -0.370 e. The molecule has 4 N–H and O–H groups in total. The van der Waals surface area contributed by atoms with Gasteiger partial charge in [-0.25, -0.2) is 4.99 Å². The summed E-state index contributed by atoms with van der Waals surface area (Å²) in [7, 11) is 0. The van der Waals surface area contributed by atoms with Crippen LogP contribution in [0.4, 0.5) is 0 Å². The Morgan fingerprint density at radius 2 is 2.16 bits per heavy atom. The van der Waals surface area contributed by atoms with Crippen LogP contribution in [-0.4, -0.2) is 24.5 Å². The summed E-state index contributed by atoms with van der Waals surface area (Å²) in [5.41, 5.74) is 7.33. The summed E-state index contributed by atoms with van der Waals surface area (Å²) in [5, 5.41) is 5.79. The van der Waals surface area contributed by atoms with Crippen molar-refractivity contribution in [3.05, 3.63) is 35.4 Å². The van der Waals surface area contributed by atoms with Gasteiger partial charge in [0.15, 0.2) is 5.96 Å². The fourth-order valence-electron chi connectivity index (χ4n) is 1.59. The molecular weight excluding hydrogens is 240 g/mol. The zero-order chi connectivity index (χ0) is 14.3. The molecular formula is C14H22N4O. The van der Waals surface area contributed by atoms with E-state index in [0.717, 1.165) is 5.56 Å². The van der Waals surface area contributed by atoms with Crippen molar-refractivity contribution in [1.82, 2.24) is 10.6 Å². The van der Waals surface area contributed by atoms with Crippen LogP contribution in [0.1, 0.15) is 36.7 Å². The van der Waals surface area contributed by atoms with Crippen LogP contribution in [0.5, 0.6) is 0 Å². The van der Waals surface area contributed by atoms with Gasteiger partial charge in [-0.05, 0) is 38.5 Å². The minimum absolute atomic E-state index is 0.0680. The maximum Gasteiger partial charge on any atom is 0.251 e. The summed E-state index contributed by atoms with van der Waals surface area (Å²) >= 11 is 0. The molecule has 0 saturated heterocycles. The molecule has 0 fully saturated rings. The Morgan fingerprint density at radius 3 is 2.79 bits per heavy atom. The van der Waals surface area contributed by atoms with E-state index >= 15 is 0 Å². The summed E-state index contributed by atoms with van der Waals surface area (Å²) in [6, 6.07) is 7.65. The second kappa shape index (κ2) is 7.41. The van der Waals surface area contributed by atoms with Crippen molar-refractivity contribution in [1.29, 1.82) is 0 Å². The topological polar surface area (TPSA) is 79.5 Å². The van der Waals surface area contributed by atoms with E-state index < -0.39 is 0 Å². The Hall–Kier alpha value is -2.04. The zero-order valence-corrected chi connectivity index (χ0v) is 11.7. The van der Waals surface area contributed by atoms with Crippen molar-refractivity contribution >= 4 is 11.9 Å². The van der Waals surface area contributed by atoms with Gasteiger partial charge in [0.1, 0.15) is 0 Å². The third kappa shape index (κ3) is 5.42. The maximum absolute atomic E-state index is 11.7. The second-order valence-electron chi connectivity index (χ2n) is 4.56. The highest BCUT2D eigenvalue weighted by Crippen LogP contribution is 2.06. The third-order valence-electron chi connectivity index (χ3n) is 2.40. The van der Waals surface area contributed by atoms with Crippen molar-refractivity contribution in [2.24, 2.45) is 10.7 Å².